The number of hydrogen-bond acceptors (Lipinski definition) is 3. The molecule has 4 heteroatoms. The summed E-state index contributed by atoms with van der Waals surface area (Å²) in [5.41, 5.74) is 7.22. The predicted octanol–water partition coefficient (Wildman–Crippen LogP) is 2.07. The van der Waals surface area contributed by atoms with Gasteiger partial charge in [0.25, 0.3) is 0 Å². The summed E-state index contributed by atoms with van der Waals surface area (Å²) in [5, 5.41) is 2.77. The first-order valence-electron chi connectivity index (χ1n) is 5.74. The standard InChI is InChI=1S/C13H20N2O2/c1-8(2)17-11-5-6-12(9(3)7-11)15-13(16)10(4)14/h5-8,10H,14H2,1-4H3,(H,15,16)/t10-/m1/s1. The molecular formula is C13H20N2O2. The highest BCUT2D eigenvalue weighted by Crippen LogP contribution is 2.22. The Morgan fingerprint density at radius 3 is 2.47 bits per heavy atom. The molecule has 1 aromatic rings. The number of benzene rings is 1. The summed E-state index contributed by atoms with van der Waals surface area (Å²) in [4.78, 5) is 11.5. The molecule has 1 rings (SSSR count). The maximum Gasteiger partial charge on any atom is 0.241 e. The molecule has 0 radical (unpaired) electrons. The van der Waals surface area contributed by atoms with Gasteiger partial charge in [-0.25, -0.2) is 0 Å². The Labute approximate surface area is 102 Å². The lowest BCUT2D eigenvalue weighted by Crippen LogP contribution is -2.32. The van der Waals surface area contributed by atoms with Gasteiger partial charge in [0.05, 0.1) is 12.1 Å². The third kappa shape index (κ3) is 4.07. The smallest absolute Gasteiger partial charge is 0.241 e. The molecule has 0 saturated heterocycles. The van der Waals surface area contributed by atoms with Gasteiger partial charge in [-0.05, 0) is 51.5 Å². The van der Waals surface area contributed by atoms with Gasteiger partial charge < -0.3 is 15.8 Å². The van der Waals surface area contributed by atoms with Gasteiger partial charge >= 0.3 is 0 Å². The minimum Gasteiger partial charge on any atom is -0.491 e. The maximum absolute atomic E-state index is 11.5. The third-order valence-corrected chi connectivity index (χ3v) is 2.24. The van der Waals surface area contributed by atoms with Crippen LogP contribution in [0.1, 0.15) is 26.3 Å². The first-order valence-corrected chi connectivity index (χ1v) is 5.74. The number of carbonyl (C=O) groups is 1. The molecule has 17 heavy (non-hydrogen) atoms. The number of nitrogens with one attached hydrogen (secondary N) is 1. The van der Waals surface area contributed by atoms with Crippen LogP contribution in [-0.2, 0) is 4.79 Å². The van der Waals surface area contributed by atoms with E-state index in [0.29, 0.717) is 0 Å². The van der Waals surface area contributed by atoms with E-state index in [1.807, 2.05) is 39.0 Å². The maximum atomic E-state index is 11.5. The molecule has 0 aliphatic rings. The number of carbonyl (C=O) groups excluding carboxylic acids is 1. The first kappa shape index (κ1) is 13.5. The van der Waals surface area contributed by atoms with Crippen molar-refractivity contribution in [1.29, 1.82) is 0 Å². The second-order valence-corrected chi connectivity index (χ2v) is 4.42. The van der Waals surface area contributed by atoms with E-state index in [4.69, 9.17) is 10.5 Å². The number of amides is 1. The van der Waals surface area contributed by atoms with Gasteiger partial charge in [-0.3, -0.25) is 4.79 Å². The molecule has 0 aliphatic carbocycles. The quantitative estimate of drug-likeness (QED) is 0.841. The van der Waals surface area contributed by atoms with E-state index in [1.165, 1.54) is 0 Å². The van der Waals surface area contributed by atoms with E-state index >= 15 is 0 Å². The Kier molecular flexibility index (Phi) is 4.52. The van der Waals surface area contributed by atoms with Gasteiger partial charge in [0.2, 0.25) is 5.91 Å². The van der Waals surface area contributed by atoms with Crippen LogP contribution in [0, 0.1) is 6.92 Å². The monoisotopic (exact) mass is 236 g/mol. The number of ether oxygens (including phenoxy) is 1. The largest absolute Gasteiger partial charge is 0.491 e. The fourth-order valence-electron chi connectivity index (χ4n) is 1.37. The lowest BCUT2D eigenvalue weighted by atomic mass is 10.2. The molecule has 0 saturated carbocycles. The predicted molar refractivity (Wildman–Crippen MR) is 69.2 cm³/mol. The number of nitrogens with two attached hydrogens (primary N) is 1. The van der Waals surface area contributed by atoms with Crippen LogP contribution in [0.15, 0.2) is 18.2 Å². The summed E-state index contributed by atoms with van der Waals surface area (Å²) < 4.78 is 5.57. The molecule has 0 bridgehead atoms. The molecule has 1 amide bonds. The average molecular weight is 236 g/mol. The van der Waals surface area contributed by atoms with Crippen molar-refractivity contribution in [2.45, 2.75) is 39.8 Å². The minimum atomic E-state index is -0.513. The number of hydrogen-bond donors (Lipinski definition) is 2. The minimum absolute atomic E-state index is 0.138. The van der Waals surface area contributed by atoms with E-state index < -0.39 is 6.04 Å². The van der Waals surface area contributed by atoms with Crippen molar-refractivity contribution in [2.75, 3.05) is 5.32 Å². The Balaban J connectivity index is 2.79. The molecule has 0 fully saturated rings. The summed E-state index contributed by atoms with van der Waals surface area (Å²) in [6.45, 7) is 7.52. The normalized spacial score (nSPS) is 12.4. The van der Waals surface area contributed by atoms with Crippen molar-refractivity contribution in [3.63, 3.8) is 0 Å². The van der Waals surface area contributed by atoms with Crippen LogP contribution in [0.4, 0.5) is 5.69 Å². The van der Waals surface area contributed by atoms with Crippen LogP contribution in [-0.4, -0.2) is 18.1 Å². The molecule has 4 nitrogen and oxygen atoms in total. The van der Waals surface area contributed by atoms with Crippen molar-refractivity contribution < 1.29 is 9.53 Å². The van der Waals surface area contributed by atoms with Gasteiger partial charge in [0.15, 0.2) is 0 Å². The number of aryl methyl sites for hydroxylation is 1. The topological polar surface area (TPSA) is 64.3 Å². The molecule has 1 aromatic carbocycles. The molecular weight excluding hydrogens is 216 g/mol. The molecule has 94 valence electrons. The Morgan fingerprint density at radius 2 is 2.00 bits per heavy atom. The van der Waals surface area contributed by atoms with Crippen LogP contribution in [0.2, 0.25) is 0 Å². The lowest BCUT2D eigenvalue weighted by molar-refractivity contribution is -0.117. The molecule has 0 unspecified atom stereocenters. The summed E-state index contributed by atoms with van der Waals surface area (Å²) in [7, 11) is 0. The van der Waals surface area contributed by atoms with Gasteiger partial charge in [0, 0.05) is 5.69 Å². The number of anilines is 1. The molecule has 0 aromatic heterocycles. The van der Waals surface area contributed by atoms with Crippen molar-refractivity contribution >= 4 is 11.6 Å². The van der Waals surface area contributed by atoms with Crippen LogP contribution < -0.4 is 15.8 Å². The molecule has 0 aliphatic heterocycles. The Morgan fingerprint density at radius 1 is 1.35 bits per heavy atom. The average Bonchev–Trinajstić information content (AvgIpc) is 2.20. The fourth-order valence-corrected chi connectivity index (χ4v) is 1.37. The lowest BCUT2D eigenvalue weighted by Gasteiger charge is -2.14. The van der Waals surface area contributed by atoms with Crippen LogP contribution in [0.5, 0.6) is 5.75 Å². The van der Waals surface area contributed by atoms with Gasteiger partial charge in [-0.1, -0.05) is 0 Å². The van der Waals surface area contributed by atoms with Crippen LogP contribution >= 0.6 is 0 Å². The van der Waals surface area contributed by atoms with Crippen molar-refractivity contribution in [2.24, 2.45) is 5.73 Å². The highest BCUT2D eigenvalue weighted by Gasteiger charge is 2.09. The van der Waals surface area contributed by atoms with Gasteiger partial charge in [-0.15, -0.1) is 0 Å². The van der Waals surface area contributed by atoms with Crippen molar-refractivity contribution in [1.82, 2.24) is 0 Å². The Bertz CT molecular complexity index is 400. The second kappa shape index (κ2) is 5.68. The summed E-state index contributed by atoms with van der Waals surface area (Å²) in [6.07, 6.45) is 0.138. The molecule has 3 N–H and O–H groups in total. The van der Waals surface area contributed by atoms with E-state index in [9.17, 15) is 4.79 Å². The fraction of sp³-hybridized carbons (Fsp3) is 0.462. The zero-order valence-corrected chi connectivity index (χ0v) is 10.8. The number of rotatable bonds is 4. The van der Waals surface area contributed by atoms with Crippen molar-refractivity contribution in [3.8, 4) is 5.75 Å². The summed E-state index contributed by atoms with van der Waals surface area (Å²) in [6, 6.07) is 5.05. The van der Waals surface area contributed by atoms with Crippen LogP contribution in [0.25, 0.3) is 0 Å². The van der Waals surface area contributed by atoms with E-state index in [-0.39, 0.29) is 12.0 Å². The van der Waals surface area contributed by atoms with E-state index in [0.717, 1.165) is 17.0 Å². The second-order valence-electron chi connectivity index (χ2n) is 4.42. The molecule has 1 atom stereocenters. The van der Waals surface area contributed by atoms with E-state index in [1.54, 1.807) is 6.92 Å². The van der Waals surface area contributed by atoms with Gasteiger partial charge in [-0.2, -0.15) is 0 Å². The highest BCUT2D eigenvalue weighted by molar-refractivity contribution is 5.95. The zero-order valence-electron chi connectivity index (χ0n) is 10.8. The molecule has 0 heterocycles. The van der Waals surface area contributed by atoms with Crippen molar-refractivity contribution in [3.05, 3.63) is 23.8 Å². The zero-order chi connectivity index (χ0) is 13.0. The van der Waals surface area contributed by atoms with E-state index in [2.05, 4.69) is 5.32 Å². The van der Waals surface area contributed by atoms with Gasteiger partial charge in [0.1, 0.15) is 5.75 Å². The molecule has 0 spiro atoms. The summed E-state index contributed by atoms with van der Waals surface area (Å²) in [5.74, 6) is 0.613. The highest BCUT2D eigenvalue weighted by atomic mass is 16.5. The Hall–Kier alpha value is -1.55. The van der Waals surface area contributed by atoms with Crippen LogP contribution in [0.3, 0.4) is 0 Å². The SMILES string of the molecule is Cc1cc(OC(C)C)ccc1NC(=O)[C@@H](C)N. The summed E-state index contributed by atoms with van der Waals surface area (Å²) >= 11 is 0. The first-order chi connectivity index (χ1) is 7.90. The third-order valence-electron chi connectivity index (χ3n) is 2.24.